The van der Waals surface area contributed by atoms with E-state index >= 15 is 0 Å². The van der Waals surface area contributed by atoms with Crippen molar-refractivity contribution in [3.63, 3.8) is 0 Å². The van der Waals surface area contributed by atoms with Crippen LogP contribution in [-0.4, -0.2) is 15.8 Å². The molecule has 2 N–H and O–H groups in total. The van der Waals surface area contributed by atoms with Crippen LogP contribution in [0.1, 0.15) is 19.3 Å². The van der Waals surface area contributed by atoms with E-state index < -0.39 is 5.85 Å². The molecule has 0 amide bonds. The molecule has 0 saturated heterocycles. The Morgan fingerprint density at radius 3 is 2.80 bits per heavy atom. The van der Waals surface area contributed by atoms with E-state index in [1.807, 2.05) is 0 Å². The lowest BCUT2D eigenvalue weighted by molar-refractivity contribution is 0.173. The van der Waals surface area contributed by atoms with E-state index in [4.69, 9.17) is 4.89 Å². The first-order valence-electron chi connectivity index (χ1n) is 3.57. The number of allylic oxidation sites excluding steroid dienone is 2. The second-order valence-corrected chi connectivity index (χ2v) is 3.47. The summed E-state index contributed by atoms with van der Waals surface area (Å²) in [6, 6.07) is 0. The van der Waals surface area contributed by atoms with Gasteiger partial charge in [0.1, 0.15) is 0 Å². The molecule has 3 heteroatoms. The smallest absolute Gasteiger partial charge is 0.0979 e. The molecule has 0 saturated carbocycles. The standard InChI is InChI=1S/C7H13O2P/c8-7(10-9)6-4-2-1-3-5-6/h1-2,6-10H,3-5H2. The molecule has 0 bridgehead atoms. The van der Waals surface area contributed by atoms with Crippen molar-refractivity contribution in [2.24, 2.45) is 5.92 Å². The third-order valence-electron chi connectivity index (χ3n) is 1.89. The van der Waals surface area contributed by atoms with Gasteiger partial charge in [-0.25, -0.2) is 0 Å². The first-order valence-corrected chi connectivity index (χ1v) is 4.59. The Morgan fingerprint density at radius 1 is 1.50 bits per heavy atom. The molecule has 10 heavy (non-hydrogen) atoms. The molecule has 58 valence electrons. The maximum atomic E-state index is 9.21. The zero-order valence-electron chi connectivity index (χ0n) is 5.83. The molecule has 1 rings (SSSR count). The van der Waals surface area contributed by atoms with Gasteiger partial charge in [0, 0.05) is 8.81 Å². The van der Waals surface area contributed by atoms with Crippen LogP contribution in [-0.2, 0) is 0 Å². The largest absolute Gasteiger partial charge is 0.386 e. The fraction of sp³-hybridized carbons (Fsp3) is 0.714. The lowest BCUT2D eigenvalue weighted by Crippen LogP contribution is -2.16. The van der Waals surface area contributed by atoms with Crippen molar-refractivity contribution >= 4 is 8.81 Å². The summed E-state index contributed by atoms with van der Waals surface area (Å²) >= 11 is 0. The van der Waals surface area contributed by atoms with E-state index in [-0.39, 0.29) is 8.81 Å². The predicted molar refractivity (Wildman–Crippen MR) is 43.0 cm³/mol. The van der Waals surface area contributed by atoms with Crippen LogP contribution >= 0.6 is 8.81 Å². The van der Waals surface area contributed by atoms with Gasteiger partial charge in [-0.05, 0) is 25.2 Å². The van der Waals surface area contributed by atoms with Crippen molar-refractivity contribution < 1.29 is 10.00 Å². The summed E-state index contributed by atoms with van der Waals surface area (Å²) in [6.45, 7) is 0. The van der Waals surface area contributed by atoms with Crippen molar-refractivity contribution in [3.8, 4) is 0 Å². The molecule has 3 unspecified atom stereocenters. The van der Waals surface area contributed by atoms with Crippen molar-refractivity contribution in [2.45, 2.75) is 25.1 Å². The van der Waals surface area contributed by atoms with Gasteiger partial charge in [-0.3, -0.25) is 0 Å². The minimum absolute atomic E-state index is 0.299. The molecule has 0 heterocycles. The zero-order chi connectivity index (χ0) is 7.40. The molecular weight excluding hydrogens is 147 g/mol. The Kier molecular flexibility index (Phi) is 3.33. The summed E-state index contributed by atoms with van der Waals surface area (Å²) < 4.78 is 0. The molecule has 0 aromatic heterocycles. The van der Waals surface area contributed by atoms with Crippen LogP contribution in [0.4, 0.5) is 0 Å². The Morgan fingerprint density at radius 2 is 2.30 bits per heavy atom. The first kappa shape index (κ1) is 8.19. The Labute approximate surface area is 62.8 Å². The highest BCUT2D eigenvalue weighted by Gasteiger charge is 2.18. The Balaban J connectivity index is 2.33. The molecule has 2 nitrogen and oxygen atoms in total. The van der Waals surface area contributed by atoms with Gasteiger partial charge >= 0.3 is 0 Å². The summed E-state index contributed by atoms with van der Waals surface area (Å²) in [5.74, 6) is -0.182. The first-order chi connectivity index (χ1) is 4.84. The molecule has 0 fully saturated rings. The highest BCUT2D eigenvalue weighted by Crippen LogP contribution is 2.29. The minimum atomic E-state index is -0.482. The number of aliphatic hydroxyl groups excluding tert-OH is 1. The van der Waals surface area contributed by atoms with Crippen LogP contribution in [0.5, 0.6) is 0 Å². The molecule has 1 aliphatic carbocycles. The fourth-order valence-electron chi connectivity index (χ4n) is 1.21. The van der Waals surface area contributed by atoms with Gasteiger partial charge in [0.25, 0.3) is 0 Å². The van der Waals surface area contributed by atoms with Crippen molar-refractivity contribution in [2.75, 3.05) is 0 Å². The van der Waals surface area contributed by atoms with E-state index in [0.717, 1.165) is 19.3 Å². The number of rotatable bonds is 2. The van der Waals surface area contributed by atoms with E-state index in [9.17, 15) is 5.11 Å². The predicted octanol–water partition coefficient (Wildman–Crippen LogP) is 1.25. The second-order valence-electron chi connectivity index (χ2n) is 2.62. The monoisotopic (exact) mass is 160 g/mol. The second kappa shape index (κ2) is 4.07. The molecule has 0 aliphatic heterocycles. The Bertz CT molecular complexity index is 125. The third-order valence-corrected chi connectivity index (χ3v) is 2.62. The van der Waals surface area contributed by atoms with Gasteiger partial charge in [0.05, 0.1) is 5.85 Å². The zero-order valence-corrected chi connectivity index (χ0v) is 6.83. The summed E-state index contributed by atoms with van der Waals surface area (Å²) in [4.78, 5) is 8.64. The van der Waals surface area contributed by atoms with Gasteiger partial charge in [0.2, 0.25) is 0 Å². The molecule has 0 aromatic rings. The van der Waals surface area contributed by atoms with E-state index in [2.05, 4.69) is 12.2 Å². The lowest BCUT2D eigenvalue weighted by Gasteiger charge is -2.21. The lowest BCUT2D eigenvalue weighted by atomic mass is 9.95. The molecular formula is C7H13O2P. The van der Waals surface area contributed by atoms with Crippen LogP contribution in [0, 0.1) is 5.92 Å². The van der Waals surface area contributed by atoms with Crippen molar-refractivity contribution in [1.82, 2.24) is 0 Å². The summed E-state index contributed by atoms with van der Waals surface area (Å²) in [6.07, 6.45) is 7.20. The highest BCUT2D eigenvalue weighted by molar-refractivity contribution is 7.31. The number of aliphatic hydroxyl groups is 1. The molecule has 0 radical (unpaired) electrons. The van der Waals surface area contributed by atoms with E-state index in [1.54, 1.807) is 0 Å². The number of hydrogen-bond donors (Lipinski definition) is 2. The molecule has 3 atom stereocenters. The van der Waals surface area contributed by atoms with E-state index in [1.165, 1.54) is 0 Å². The topological polar surface area (TPSA) is 40.5 Å². The average Bonchev–Trinajstić information content (AvgIpc) is 2.05. The number of hydrogen-bond acceptors (Lipinski definition) is 2. The maximum absolute atomic E-state index is 9.21. The maximum Gasteiger partial charge on any atom is 0.0979 e. The Hall–Kier alpha value is 0.0900. The van der Waals surface area contributed by atoms with Crippen molar-refractivity contribution in [3.05, 3.63) is 12.2 Å². The van der Waals surface area contributed by atoms with Gasteiger partial charge in [0.15, 0.2) is 0 Å². The van der Waals surface area contributed by atoms with Gasteiger partial charge in [-0.15, -0.1) is 0 Å². The van der Waals surface area contributed by atoms with Gasteiger partial charge in [-0.1, -0.05) is 12.2 Å². The van der Waals surface area contributed by atoms with Crippen LogP contribution in [0.2, 0.25) is 0 Å². The van der Waals surface area contributed by atoms with Crippen LogP contribution in [0.25, 0.3) is 0 Å². The SMILES string of the molecule is OPC(O)C1CC=CCC1. The van der Waals surface area contributed by atoms with Gasteiger partial charge < -0.3 is 10.00 Å². The quantitative estimate of drug-likeness (QED) is 0.471. The summed E-state index contributed by atoms with van der Waals surface area (Å²) in [7, 11) is -0.316. The summed E-state index contributed by atoms with van der Waals surface area (Å²) in [5.41, 5.74) is 0. The fourth-order valence-corrected chi connectivity index (χ4v) is 1.72. The minimum Gasteiger partial charge on any atom is -0.386 e. The average molecular weight is 160 g/mol. The third kappa shape index (κ3) is 2.05. The van der Waals surface area contributed by atoms with Crippen molar-refractivity contribution in [1.29, 1.82) is 0 Å². The van der Waals surface area contributed by atoms with Crippen LogP contribution in [0.15, 0.2) is 12.2 Å². The van der Waals surface area contributed by atoms with Gasteiger partial charge in [-0.2, -0.15) is 0 Å². The molecule has 0 aromatic carbocycles. The highest BCUT2D eigenvalue weighted by atomic mass is 31.1. The normalized spacial score (nSPS) is 29.6. The summed E-state index contributed by atoms with van der Waals surface area (Å²) in [5, 5.41) is 9.21. The van der Waals surface area contributed by atoms with Crippen LogP contribution < -0.4 is 0 Å². The molecule has 1 aliphatic rings. The van der Waals surface area contributed by atoms with Crippen LogP contribution in [0.3, 0.4) is 0 Å². The molecule has 0 spiro atoms. The van der Waals surface area contributed by atoms with E-state index in [0.29, 0.717) is 5.92 Å².